The Morgan fingerprint density at radius 3 is 2.55 bits per heavy atom. The molecule has 1 atom stereocenters. The van der Waals surface area contributed by atoms with E-state index in [2.05, 4.69) is 9.71 Å². The van der Waals surface area contributed by atoms with Crippen LogP contribution in [0.1, 0.15) is 87.8 Å². The molecule has 38 heavy (non-hydrogen) atoms. The van der Waals surface area contributed by atoms with E-state index in [4.69, 9.17) is 9.47 Å². The number of carboxylic acid groups (broad SMARTS) is 1. The van der Waals surface area contributed by atoms with Crippen molar-refractivity contribution in [1.29, 1.82) is 0 Å². The van der Waals surface area contributed by atoms with Crippen LogP contribution in [-0.2, 0) is 26.0 Å². The van der Waals surface area contributed by atoms with Crippen molar-refractivity contribution in [3.05, 3.63) is 40.6 Å². The number of hydrogen-bond acceptors (Lipinski definition) is 6. The third kappa shape index (κ3) is 6.67. The van der Waals surface area contributed by atoms with Crippen molar-refractivity contribution in [3.63, 3.8) is 0 Å². The molecule has 0 spiro atoms. The molecule has 0 saturated heterocycles. The predicted octanol–water partition coefficient (Wildman–Crippen LogP) is 5.95. The van der Waals surface area contributed by atoms with Crippen LogP contribution in [0.4, 0.5) is 5.82 Å². The van der Waals surface area contributed by atoms with E-state index in [0.717, 1.165) is 61.8 Å². The molecule has 2 N–H and O–H groups in total. The summed E-state index contributed by atoms with van der Waals surface area (Å²) in [4.78, 5) is 17.3. The summed E-state index contributed by atoms with van der Waals surface area (Å²) in [7, 11) is -3.68. The highest BCUT2D eigenvalue weighted by Gasteiger charge is 2.34. The highest BCUT2D eigenvalue weighted by atomic mass is 32.2. The molecule has 1 aliphatic carbocycles. The van der Waals surface area contributed by atoms with Gasteiger partial charge < -0.3 is 14.6 Å². The van der Waals surface area contributed by atoms with Crippen molar-refractivity contribution in [1.82, 2.24) is 4.98 Å². The lowest BCUT2D eigenvalue weighted by Crippen LogP contribution is -2.29. The fraction of sp³-hybridized carbons (Fsp3) is 0.586. The van der Waals surface area contributed by atoms with Crippen LogP contribution >= 0.6 is 0 Å². The molecule has 9 heteroatoms. The number of fused-ring (bicyclic) bond motifs is 1. The summed E-state index contributed by atoms with van der Waals surface area (Å²) in [6, 6.07) is 5.83. The van der Waals surface area contributed by atoms with Crippen LogP contribution < -0.4 is 9.46 Å². The van der Waals surface area contributed by atoms with E-state index in [9.17, 15) is 18.3 Å². The number of aliphatic carboxylic acids is 1. The Morgan fingerprint density at radius 1 is 1.18 bits per heavy atom. The average Bonchev–Trinajstić information content (AvgIpc) is 2.83. The number of carbonyl (C=O) groups is 1. The van der Waals surface area contributed by atoms with Gasteiger partial charge in [0.2, 0.25) is 10.0 Å². The lowest BCUT2D eigenvalue weighted by molar-refractivity contribution is -0.160. The first-order chi connectivity index (χ1) is 17.8. The fourth-order valence-electron chi connectivity index (χ4n) is 5.56. The van der Waals surface area contributed by atoms with Crippen LogP contribution in [0.3, 0.4) is 0 Å². The van der Waals surface area contributed by atoms with Gasteiger partial charge in [-0.2, -0.15) is 0 Å². The first-order valence-corrected chi connectivity index (χ1v) is 15.2. The zero-order valence-corrected chi connectivity index (χ0v) is 23.9. The summed E-state index contributed by atoms with van der Waals surface area (Å²) in [5.41, 5.74) is 3.13. The van der Waals surface area contributed by atoms with Crippen molar-refractivity contribution in [2.45, 2.75) is 91.3 Å². The summed E-state index contributed by atoms with van der Waals surface area (Å²) in [5, 5.41) is 10.3. The number of nitrogens with one attached hydrogen (secondary N) is 1. The first-order valence-electron chi connectivity index (χ1n) is 13.5. The number of nitrogens with zero attached hydrogens (tertiary/aromatic N) is 1. The van der Waals surface area contributed by atoms with E-state index in [1.165, 1.54) is 0 Å². The monoisotopic (exact) mass is 544 g/mol. The Bertz CT molecular complexity index is 1290. The Labute approximate surface area is 226 Å². The normalized spacial score (nSPS) is 17.4. The SMILES string of the molecule is Cc1nc(NS(=O)(=O)CC2CCCCC2)c(C)c(C(OC(C)(C)C)C(=O)O)c1-c1ccc2c(c1)CCCO2. The Balaban J connectivity index is 1.83. The molecule has 4 rings (SSSR count). The van der Waals surface area contributed by atoms with Gasteiger partial charge >= 0.3 is 5.97 Å². The lowest BCUT2D eigenvalue weighted by Gasteiger charge is -2.29. The number of rotatable bonds is 8. The first kappa shape index (κ1) is 28.4. The molecule has 2 aromatic rings. The quantitative estimate of drug-likeness (QED) is 0.422. The van der Waals surface area contributed by atoms with Gasteiger partial charge in [-0.05, 0) is 95.0 Å². The second-order valence-corrected chi connectivity index (χ2v) is 13.3. The van der Waals surface area contributed by atoms with Crippen molar-refractivity contribution >= 4 is 21.8 Å². The van der Waals surface area contributed by atoms with Crippen LogP contribution in [0, 0.1) is 19.8 Å². The molecule has 1 aliphatic heterocycles. The zero-order chi connectivity index (χ0) is 27.7. The minimum atomic E-state index is -3.68. The van der Waals surface area contributed by atoms with E-state index in [1.807, 2.05) is 18.2 Å². The molecule has 0 radical (unpaired) electrons. The van der Waals surface area contributed by atoms with Crippen LogP contribution in [0.2, 0.25) is 0 Å². The summed E-state index contributed by atoms with van der Waals surface area (Å²) in [5.74, 6) is -0.00303. The molecule has 1 aromatic heterocycles. The Kier molecular flexibility index (Phi) is 8.37. The van der Waals surface area contributed by atoms with Crippen molar-refractivity contribution in [3.8, 4) is 16.9 Å². The maximum atomic E-state index is 13.2. The van der Waals surface area contributed by atoms with Crippen molar-refractivity contribution in [2.75, 3.05) is 17.1 Å². The number of pyridine rings is 1. The number of sulfonamides is 1. The molecular weight excluding hydrogens is 504 g/mol. The van der Waals surface area contributed by atoms with Crippen LogP contribution in [-0.4, -0.2) is 42.4 Å². The van der Waals surface area contributed by atoms with Gasteiger partial charge in [0.25, 0.3) is 0 Å². The minimum Gasteiger partial charge on any atom is -0.493 e. The molecule has 1 aromatic carbocycles. The number of ether oxygens (including phenoxy) is 2. The van der Waals surface area contributed by atoms with E-state index >= 15 is 0 Å². The van der Waals surface area contributed by atoms with Gasteiger partial charge in [-0.25, -0.2) is 18.2 Å². The molecule has 1 saturated carbocycles. The minimum absolute atomic E-state index is 0.0376. The molecule has 8 nitrogen and oxygen atoms in total. The fourth-order valence-corrected chi connectivity index (χ4v) is 7.09. The average molecular weight is 545 g/mol. The molecular formula is C29H40N2O6S. The van der Waals surface area contributed by atoms with Crippen molar-refractivity contribution in [2.24, 2.45) is 5.92 Å². The Morgan fingerprint density at radius 2 is 1.89 bits per heavy atom. The van der Waals surface area contributed by atoms with Gasteiger partial charge in [0.05, 0.1) is 18.0 Å². The summed E-state index contributed by atoms with van der Waals surface area (Å²) >= 11 is 0. The highest BCUT2D eigenvalue weighted by Crippen LogP contribution is 2.41. The lowest BCUT2D eigenvalue weighted by atomic mass is 9.89. The van der Waals surface area contributed by atoms with E-state index in [0.29, 0.717) is 29.0 Å². The maximum Gasteiger partial charge on any atom is 0.337 e. The largest absolute Gasteiger partial charge is 0.493 e. The maximum absolute atomic E-state index is 13.2. The third-order valence-corrected chi connectivity index (χ3v) is 8.67. The molecule has 0 bridgehead atoms. The Hall–Kier alpha value is -2.65. The number of anilines is 1. The predicted molar refractivity (Wildman–Crippen MR) is 148 cm³/mol. The summed E-state index contributed by atoms with van der Waals surface area (Å²) in [6.07, 6.45) is 5.50. The van der Waals surface area contributed by atoms with E-state index in [-0.39, 0.29) is 17.5 Å². The van der Waals surface area contributed by atoms with Gasteiger partial charge in [0, 0.05) is 16.8 Å². The van der Waals surface area contributed by atoms with Gasteiger partial charge in [0.15, 0.2) is 6.10 Å². The molecule has 2 heterocycles. The zero-order valence-electron chi connectivity index (χ0n) is 23.1. The van der Waals surface area contributed by atoms with Crippen LogP contribution in [0.5, 0.6) is 5.75 Å². The van der Waals surface area contributed by atoms with Gasteiger partial charge in [-0.3, -0.25) is 4.72 Å². The standard InChI is InChI=1S/C29H40N2O6S/c1-18-24(26(28(32)33)37-29(3,4)5)25(22-13-14-23-21(16-22)12-9-15-36-23)19(2)30-27(18)31-38(34,35)17-20-10-7-6-8-11-20/h13-14,16,20,26H,6-12,15,17H2,1-5H3,(H,30,31)(H,32,33). The molecule has 1 fully saturated rings. The van der Waals surface area contributed by atoms with E-state index in [1.54, 1.807) is 34.6 Å². The smallest absolute Gasteiger partial charge is 0.337 e. The van der Waals surface area contributed by atoms with Crippen molar-refractivity contribution < 1.29 is 27.8 Å². The van der Waals surface area contributed by atoms with Crippen LogP contribution in [0.15, 0.2) is 18.2 Å². The number of aromatic nitrogens is 1. The summed E-state index contributed by atoms with van der Waals surface area (Å²) in [6.45, 7) is 9.58. The number of aryl methyl sites for hydroxylation is 2. The second-order valence-electron chi connectivity index (χ2n) is 11.6. The molecule has 0 amide bonds. The molecule has 1 unspecified atom stereocenters. The number of hydrogen-bond donors (Lipinski definition) is 2. The number of benzene rings is 1. The number of carboxylic acids is 1. The third-order valence-electron chi connectivity index (χ3n) is 7.26. The van der Waals surface area contributed by atoms with Gasteiger partial charge in [-0.1, -0.05) is 25.3 Å². The second kappa shape index (κ2) is 11.2. The topological polar surface area (TPSA) is 115 Å². The molecule has 2 aliphatic rings. The van der Waals surface area contributed by atoms with E-state index < -0.39 is 27.7 Å². The van der Waals surface area contributed by atoms with Gasteiger partial charge in [0.1, 0.15) is 11.6 Å². The molecule has 208 valence electrons. The van der Waals surface area contributed by atoms with Crippen LogP contribution in [0.25, 0.3) is 11.1 Å². The van der Waals surface area contributed by atoms with Gasteiger partial charge in [-0.15, -0.1) is 0 Å². The highest BCUT2D eigenvalue weighted by molar-refractivity contribution is 7.92. The summed E-state index contributed by atoms with van der Waals surface area (Å²) < 4.78 is 40.9.